The second kappa shape index (κ2) is 10.3. The van der Waals surface area contributed by atoms with E-state index < -0.39 is 0 Å². The fourth-order valence-corrected chi connectivity index (χ4v) is 4.31. The van der Waals surface area contributed by atoms with E-state index >= 15 is 0 Å². The van der Waals surface area contributed by atoms with Crippen molar-refractivity contribution >= 4 is 57.8 Å². The maximum absolute atomic E-state index is 12.5. The summed E-state index contributed by atoms with van der Waals surface area (Å²) in [6.07, 6.45) is 1.79. The molecule has 0 spiro atoms. The summed E-state index contributed by atoms with van der Waals surface area (Å²) in [6.45, 7) is 2.31. The molecule has 0 saturated carbocycles. The summed E-state index contributed by atoms with van der Waals surface area (Å²) < 4.78 is 11.4. The molecule has 1 saturated heterocycles. The Bertz CT molecular complexity index is 1260. The van der Waals surface area contributed by atoms with Gasteiger partial charge >= 0.3 is 0 Å². The third-order valence-electron chi connectivity index (χ3n) is 4.82. The van der Waals surface area contributed by atoms with Crippen molar-refractivity contribution in [3.05, 3.63) is 92.3 Å². The Morgan fingerprint density at radius 1 is 1.00 bits per heavy atom. The molecule has 168 valence electrons. The van der Waals surface area contributed by atoms with Crippen LogP contribution in [0, 0.1) is 6.92 Å². The summed E-state index contributed by atoms with van der Waals surface area (Å²) >= 11 is 13.2. The average Bonchev–Trinajstić information content (AvgIpc) is 3.14. The summed E-state index contributed by atoms with van der Waals surface area (Å²) in [4.78, 5) is 17.5. The average molecular weight is 499 g/mol. The molecule has 0 unspecified atom stereocenters. The van der Waals surface area contributed by atoms with E-state index in [0.29, 0.717) is 38.2 Å². The first kappa shape index (κ1) is 23.2. The lowest BCUT2D eigenvalue weighted by atomic mass is 10.2. The minimum Gasteiger partial charge on any atom is -0.493 e. The molecule has 0 aliphatic carbocycles. The molecule has 4 rings (SSSR count). The lowest BCUT2D eigenvalue weighted by Crippen LogP contribution is -2.19. The number of nitrogens with one attached hydrogen (secondary N) is 1. The zero-order chi connectivity index (χ0) is 23.4. The maximum Gasteiger partial charge on any atom is 0.264 e. The molecule has 1 N–H and O–H groups in total. The Morgan fingerprint density at radius 3 is 2.48 bits per heavy atom. The van der Waals surface area contributed by atoms with Gasteiger partial charge in [-0.05, 0) is 83.9 Å². The van der Waals surface area contributed by atoms with Crippen LogP contribution in [0.5, 0.6) is 11.5 Å². The van der Waals surface area contributed by atoms with E-state index in [1.54, 1.807) is 19.3 Å². The molecule has 0 bridgehead atoms. The van der Waals surface area contributed by atoms with Crippen molar-refractivity contribution in [1.82, 2.24) is 5.32 Å². The van der Waals surface area contributed by atoms with Crippen LogP contribution in [0.1, 0.15) is 16.7 Å². The van der Waals surface area contributed by atoms with Crippen LogP contribution < -0.4 is 14.8 Å². The van der Waals surface area contributed by atoms with E-state index in [2.05, 4.69) is 10.3 Å². The topological polar surface area (TPSA) is 59.9 Å². The van der Waals surface area contributed by atoms with Gasteiger partial charge in [0.15, 0.2) is 16.7 Å². The SMILES string of the molecule is COc1cc(/C=C2\SC(=Nc3ccc(Cl)cc3C)NC2=O)ccc1OCc1ccc(Cl)cc1. The number of rotatable bonds is 6. The Kier molecular flexibility index (Phi) is 7.28. The molecule has 1 fully saturated rings. The van der Waals surface area contributed by atoms with Crippen molar-refractivity contribution in [2.24, 2.45) is 4.99 Å². The van der Waals surface area contributed by atoms with Crippen molar-refractivity contribution in [2.45, 2.75) is 13.5 Å². The van der Waals surface area contributed by atoms with Gasteiger partial charge in [0.05, 0.1) is 17.7 Å². The number of nitrogens with zero attached hydrogens (tertiary/aromatic N) is 1. The second-order valence-electron chi connectivity index (χ2n) is 7.24. The number of hydrogen-bond acceptors (Lipinski definition) is 5. The smallest absolute Gasteiger partial charge is 0.264 e. The molecule has 0 aromatic heterocycles. The highest BCUT2D eigenvalue weighted by Gasteiger charge is 2.24. The van der Waals surface area contributed by atoms with Gasteiger partial charge in [0.1, 0.15) is 6.61 Å². The number of methoxy groups -OCH3 is 1. The summed E-state index contributed by atoms with van der Waals surface area (Å²) in [5, 5.41) is 4.65. The molecular formula is C25H20Cl2N2O3S. The largest absolute Gasteiger partial charge is 0.493 e. The quantitative estimate of drug-likeness (QED) is 0.380. The van der Waals surface area contributed by atoms with E-state index in [9.17, 15) is 4.79 Å². The third kappa shape index (κ3) is 5.90. The molecule has 3 aromatic rings. The van der Waals surface area contributed by atoms with Crippen LogP contribution >= 0.6 is 35.0 Å². The highest BCUT2D eigenvalue weighted by atomic mass is 35.5. The Balaban J connectivity index is 1.49. The number of benzene rings is 3. The van der Waals surface area contributed by atoms with Crippen LogP contribution in [0.3, 0.4) is 0 Å². The summed E-state index contributed by atoms with van der Waals surface area (Å²) in [5.74, 6) is 0.985. The number of thioether (sulfide) groups is 1. The fourth-order valence-electron chi connectivity index (χ4n) is 3.12. The maximum atomic E-state index is 12.5. The van der Waals surface area contributed by atoms with Crippen molar-refractivity contribution in [2.75, 3.05) is 7.11 Å². The minimum absolute atomic E-state index is 0.201. The van der Waals surface area contributed by atoms with Crippen LogP contribution in [-0.2, 0) is 11.4 Å². The second-order valence-corrected chi connectivity index (χ2v) is 9.14. The molecule has 1 aliphatic heterocycles. The molecule has 0 radical (unpaired) electrons. The molecular weight excluding hydrogens is 479 g/mol. The molecule has 8 heteroatoms. The number of amides is 1. The molecule has 33 heavy (non-hydrogen) atoms. The van der Waals surface area contributed by atoms with Gasteiger partial charge in [0.2, 0.25) is 0 Å². The zero-order valence-electron chi connectivity index (χ0n) is 17.9. The molecule has 1 amide bonds. The van der Waals surface area contributed by atoms with Gasteiger partial charge in [-0.1, -0.05) is 41.4 Å². The lowest BCUT2D eigenvalue weighted by Gasteiger charge is -2.11. The Morgan fingerprint density at radius 2 is 1.76 bits per heavy atom. The summed E-state index contributed by atoms with van der Waals surface area (Å²) in [7, 11) is 1.58. The third-order valence-corrected chi connectivity index (χ3v) is 6.22. The highest BCUT2D eigenvalue weighted by molar-refractivity contribution is 8.18. The Labute approximate surface area is 206 Å². The first-order valence-electron chi connectivity index (χ1n) is 10.0. The van der Waals surface area contributed by atoms with E-state index in [0.717, 1.165) is 22.4 Å². The molecule has 1 aliphatic rings. The van der Waals surface area contributed by atoms with Crippen LogP contribution in [0.25, 0.3) is 6.08 Å². The van der Waals surface area contributed by atoms with Gasteiger partial charge < -0.3 is 14.8 Å². The Hall–Kier alpha value is -2.93. The predicted octanol–water partition coefficient (Wildman–Crippen LogP) is 6.78. The predicted molar refractivity (Wildman–Crippen MR) is 136 cm³/mol. The van der Waals surface area contributed by atoms with Gasteiger partial charge in [-0.2, -0.15) is 0 Å². The number of aryl methyl sites for hydroxylation is 1. The standard InChI is InChI=1S/C25H20Cl2N2O3S/c1-15-11-19(27)8-9-20(15)28-25-29-24(30)23(33-25)13-17-5-10-21(22(12-17)31-2)32-14-16-3-6-18(26)7-4-16/h3-13H,14H2,1-2H3,(H,28,29,30)/b23-13-. The number of carbonyl (C=O) groups is 1. The molecule has 1 heterocycles. The van der Waals surface area contributed by atoms with Crippen LogP contribution in [0.2, 0.25) is 10.0 Å². The number of carbonyl (C=O) groups excluding carboxylic acids is 1. The van der Waals surface area contributed by atoms with E-state index in [4.69, 9.17) is 32.7 Å². The van der Waals surface area contributed by atoms with E-state index in [1.165, 1.54) is 11.8 Å². The fraction of sp³-hybridized carbons (Fsp3) is 0.120. The molecule has 5 nitrogen and oxygen atoms in total. The van der Waals surface area contributed by atoms with Gasteiger partial charge in [0, 0.05) is 10.0 Å². The highest BCUT2D eigenvalue weighted by Crippen LogP contribution is 2.33. The van der Waals surface area contributed by atoms with E-state index in [-0.39, 0.29) is 5.91 Å². The first-order chi connectivity index (χ1) is 15.9. The van der Waals surface area contributed by atoms with Crippen LogP contribution in [0.15, 0.2) is 70.6 Å². The number of aliphatic imine (C=N–C) groups is 1. The summed E-state index contributed by atoms with van der Waals surface area (Å²) in [5.41, 5.74) is 3.50. The minimum atomic E-state index is -0.201. The normalized spacial score (nSPS) is 15.7. The van der Waals surface area contributed by atoms with Crippen LogP contribution in [0.4, 0.5) is 5.69 Å². The number of amidine groups is 1. The number of ether oxygens (including phenoxy) is 2. The molecule has 0 atom stereocenters. The lowest BCUT2D eigenvalue weighted by molar-refractivity contribution is -0.115. The van der Waals surface area contributed by atoms with Gasteiger partial charge in [0.25, 0.3) is 5.91 Å². The van der Waals surface area contributed by atoms with Gasteiger partial charge in [-0.15, -0.1) is 0 Å². The van der Waals surface area contributed by atoms with Crippen molar-refractivity contribution in [1.29, 1.82) is 0 Å². The summed E-state index contributed by atoms with van der Waals surface area (Å²) in [6, 6.07) is 18.4. The van der Waals surface area contributed by atoms with Crippen LogP contribution in [-0.4, -0.2) is 18.2 Å². The van der Waals surface area contributed by atoms with E-state index in [1.807, 2.05) is 61.5 Å². The monoisotopic (exact) mass is 498 g/mol. The van der Waals surface area contributed by atoms with Crippen molar-refractivity contribution < 1.29 is 14.3 Å². The zero-order valence-corrected chi connectivity index (χ0v) is 20.2. The van der Waals surface area contributed by atoms with Gasteiger partial charge in [-0.25, -0.2) is 4.99 Å². The number of hydrogen-bond donors (Lipinski definition) is 1. The first-order valence-corrected chi connectivity index (χ1v) is 11.6. The number of halogens is 2. The van der Waals surface area contributed by atoms with Gasteiger partial charge in [-0.3, -0.25) is 4.79 Å². The van der Waals surface area contributed by atoms with Crippen molar-refractivity contribution in [3.8, 4) is 11.5 Å². The molecule has 3 aromatic carbocycles. The van der Waals surface area contributed by atoms with Crippen molar-refractivity contribution in [3.63, 3.8) is 0 Å².